The molecule has 2 rings (SSSR count). The molecule has 1 N–H and O–H groups in total. The van der Waals surface area contributed by atoms with Gasteiger partial charge in [0.25, 0.3) is 15.0 Å². The first-order valence-corrected chi connectivity index (χ1v) is 8.18. The van der Waals surface area contributed by atoms with Gasteiger partial charge in [0.05, 0.1) is 0 Å². The number of rotatable bonds is 3. The number of carbonyl (C=O) groups is 1. The second-order valence-electron chi connectivity index (χ2n) is 4.39. The van der Waals surface area contributed by atoms with Crippen LogP contribution in [0.5, 0.6) is 0 Å². The number of likely N-dealkylation sites (tertiary alicyclic amines) is 1. The highest BCUT2D eigenvalue weighted by Crippen LogP contribution is 2.23. The van der Waals surface area contributed by atoms with Crippen molar-refractivity contribution >= 4 is 25.6 Å². The molecule has 18 heavy (non-hydrogen) atoms. The van der Waals surface area contributed by atoms with E-state index in [1.54, 1.807) is 4.90 Å². The van der Waals surface area contributed by atoms with E-state index >= 15 is 0 Å². The predicted molar refractivity (Wildman–Crippen MR) is 68.2 cm³/mol. The Kier molecular flexibility index (Phi) is 3.68. The standard InChI is InChI=1S/C11H15ClN2O3S/c1-2-8-4-3-5-14(8)11(15)10-6-9(7-13-10)18(12,16)17/h6-8,13H,2-5H2,1H3. The molecule has 1 aromatic rings. The Morgan fingerprint density at radius 2 is 2.33 bits per heavy atom. The Morgan fingerprint density at radius 3 is 2.89 bits per heavy atom. The lowest BCUT2D eigenvalue weighted by Gasteiger charge is -2.22. The average Bonchev–Trinajstić information content (AvgIpc) is 2.96. The molecule has 7 heteroatoms. The summed E-state index contributed by atoms with van der Waals surface area (Å²) in [6, 6.07) is 1.53. The molecule has 1 fully saturated rings. The minimum atomic E-state index is -3.79. The maximum absolute atomic E-state index is 12.2. The van der Waals surface area contributed by atoms with Crippen molar-refractivity contribution in [3.8, 4) is 0 Å². The Hall–Kier alpha value is -1.01. The number of hydrogen-bond acceptors (Lipinski definition) is 3. The molecular weight excluding hydrogens is 276 g/mol. The highest BCUT2D eigenvalue weighted by Gasteiger charge is 2.29. The second kappa shape index (κ2) is 4.93. The number of H-pyrrole nitrogens is 1. The zero-order chi connectivity index (χ0) is 13.3. The van der Waals surface area contributed by atoms with Gasteiger partial charge in [-0.3, -0.25) is 4.79 Å². The molecule has 1 atom stereocenters. The number of aromatic amines is 1. The molecule has 1 amide bonds. The van der Waals surface area contributed by atoms with Crippen LogP contribution in [-0.4, -0.2) is 36.8 Å². The van der Waals surface area contributed by atoms with Gasteiger partial charge in [0, 0.05) is 29.5 Å². The molecule has 0 bridgehead atoms. The highest BCUT2D eigenvalue weighted by molar-refractivity contribution is 8.13. The average molecular weight is 291 g/mol. The van der Waals surface area contributed by atoms with E-state index in [2.05, 4.69) is 4.98 Å². The molecular formula is C11H15ClN2O3S. The van der Waals surface area contributed by atoms with E-state index in [0.717, 1.165) is 25.8 Å². The fourth-order valence-corrected chi connectivity index (χ4v) is 3.05. The molecule has 2 heterocycles. The number of hydrogen-bond donors (Lipinski definition) is 1. The van der Waals surface area contributed by atoms with Crippen LogP contribution < -0.4 is 0 Å². The third-order valence-corrected chi connectivity index (χ3v) is 4.61. The first-order chi connectivity index (χ1) is 8.43. The van der Waals surface area contributed by atoms with Gasteiger partial charge in [0.2, 0.25) is 0 Å². The molecule has 1 saturated heterocycles. The van der Waals surface area contributed by atoms with Crippen LogP contribution in [0.3, 0.4) is 0 Å². The normalized spacial score (nSPS) is 20.3. The Balaban J connectivity index is 2.22. The van der Waals surface area contributed by atoms with Gasteiger partial charge in [-0.25, -0.2) is 8.42 Å². The van der Waals surface area contributed by atoms with Gasteiger partial charge in [-0.05, 0) is 25.3 Å². The van der Waals surface area contributed by atoms with Crippen molar-refractivity contribution in [2.45, 2.75) is 37.1 Å². The molecule has 0 radical (unpaired) electrons. The molecule has 1 unspecified atom stereocenters. The zero-order valence-electron chi connectivity index (χ0n) is 10.0. The van der Waals surface area contributed by atoms with E-state index in [9.17, 15) is 13.2 Å². The maximum Gasteiger partial charge on any atom is 0.270 e. The smallest absolute Gasteiger partial charge is 0.270 e. The van der Waals surface area contributed by atoms with E-state index in [1.807, 2.05) is 6.92 Å². The largest absolute Gasteiger partial charge is 0.356 e. The van der Waals surface area contributed by atoms with Crippen LogP contribution in [-0.2, 0) is 9.05 Å². The van der Waals surface area contributed by atoms with Crippen LogP contribution in [0.25, 0.3) is 0 Å². The topological polar surface area (TPSA) is 70.2 Å². The number of nitrogens with one attached hydrogen (secondary N) is 1. The van der Waals surface area contributed by atoms with Crippen molar-refractivity contribution in [2.24, 2.45) is 0 Å². The summed E-state index contributed by atoms with van der Waals surface area (Å²) in [6.45, 7) is 2.76. The summed E-state index contributed by atoms with van der Waals surface area (Å²) in [7, 11) is 1.43. The second-order valence-corrected chi connectivity index (χ2v) is 6.96. The van der Waals surface area contributed by atoms with Crippen molar-refractivity contribution in [2.75, 3.05) is 6.54 Å². The molecule has 1 aliphatic heterocycles. The summed E-state index contributed by atoms with van der Waals surface area (Å²) in [5.41, 5.74) is 0.273. The van der Waals surface area contributed by atoms with E-state index in [1.165, 1.54) is 12.3 Å². The fraction of sp³-hybridized carbons (Fsp3) is 0.545. The van der Waals surface area contributed by atoms with Crippen LogP contribution in [0.1, 0.15) is 36.7 Å². The van der Waals surface area contributed by atoms with Gasteiger partial charge in [-0.15, -0.1) is 0 Å². The van der Waals surface area contributed by atoms with Crippen molar-refractivity contribution < 1.29 is 13.2 Å². The van der Waals surface area contributed by atoms with Crippen LogP contribution in [0, 0.1) is 0 Å². The highest BCUT2D eigenvalue weighted by atomic mass is 35.7. The predicted octanol–water partition coefficient (Wildman–Crippen LogP) is 1.96. The van der Waals surface area contributed by atoms with Gasteiger partial charge in [-0.1, -0.05) is 6.92 Å². The maximum atomic E-state index is 12.2. The minimum absolute atomic E-state index is 0.0697. The summed E-state index contributed by atoms with van der Waals surface area (Å²) in [6.07, 6.45) is 4.15. The Morgan fingerprint density at radius 1 is 1.61 bits per heavy atom. The molecule has 0 saturated carbocycles. The summed E-state index contributed by atoms with van der Waals surface area (Å²) in [4.78, 5) is 16.6. The number of amides is 1. The van der Waals surface area contributed by atoms with Gasteiger partial charge in [-0.2, -0.15) is 0 Å². The van der Waals surface area contributed by atoms with E-state index < -0.39 is 9.05 Å². The molecule has 0 spiro atoms. The Bertz CT molecular complexity index is 552. The monoisotopic (exact) mass is 290 g/mol. The lowest BCUT2D eigenvalue weighted by atomic mass is 10.1. The van der Waals surface area contributed by atoms with Crippen molar-refractivity contribution in [3.63, 3.8) is 0 Å². The number of halogens is 1. The van der Waals surface area contributed by atoms with Crippen LogP contribution in [0.15, 0.2) is 17.2 Å². The fourth-order valence-electron chi connectivity index (χ4n) is 2.32. The lowest BCUT2D eigenvalue weighted by molar-refractivity contribution is 0.0728. The summed E-state index contributed by atoms with van der Waals surface area (Å²) < 4.78 is 22.3. The number of nitrogens with zero attached hydrogens (tertiary/aromatic N) is 1. The van der Waals surface area contributed by atoms with Gasteiger partial charge < -0.3 is 9.88 Å². The van der Waals surface area contributed by atoms with E-state index in [4.69, 9.17) is 10.7 Å². The lowest BCUT2D eigenvalue weighted by Crippen LogP contribution is -2.35. The van der Waals surface area contributed by atoms with E-state index in [-0.39, 0.29) is 22.5 Å². The third kappa shape index (κ3) is 2.54. The van der Waals surface area contributed by atoms with Gasteiger partial charge in [0.15, 0.2) is 0 Å². The van der Waals surface area contributed by atoms with Gasteiger partial charge in [0.1, 0.15) is 10.6 Å². The number of aromatic nitrogens is 1. The van der Waals surface area contributed by atoms with Crippen molar-refractivity contribution in [1.82, 2.24) is 9.88 Å². The zero-order valence-corrected chi connectivity index (χ0v) is 11.6. The molecule has 100 valence electrons. The minimum Gasteiger partial charge on any atom is -0.356 e. The molecule has 0 aliphatic carbocycles. The quantitative estimate of drug-likeness (QED) is 0.865. The molecule has 1 aromatic heterocycles. The van der Waals surface area contributed by atoms with Gasteiger partial charge >= 0.3 is 0 Å². The van der Waals surface area contributed by atoms with E-state index in [0.29, 0.717) is 0 Å². The molecule has 1 aliphatic rings. The summed E-state index contributed by atoms with van der Waals surface area (Å²) in [5, 5.41) is 0. The third-order valence-electron chi connectivity index (χ3n) is 3.28. The summed E-state index contributed by atoms with van der Waals surface area (Å²) in [5.74, 6) is -0.161. The number of carbonyl (C=O) groups excluding carboxylic acids is 1. The van der Waals surface area contributed by atoms with Crippen LogP contribution >= 0.6 is 10.7 Å². The first-order valence-electron chi connectivity index (χ1n) is 5.87. The first kappa shape index (κ1) is 13.4. The summed E-state index contributed by atoms with van der Waals surface area (Å²) >= 11 is 0. The van der Waals surface area contributed by atoms with Crippen LogP contribution in [0.2, 0.25) is 0 Å². The molecule has 0 aromatic carbocycles. The van der Waals surface area contributed by atoms with Crippen molar-refractivity contribution in [3.05, 3.63) is 18.0 Å². The van der Waals surface area contributed by atoms with Crippen LogP contribution in [0.4, 0.5) is 0 Å². The van der Waals surface area contributed by atoms with Crippen molar-refractivity contribution in [1.29, 1.82) is 0 Å². The molecule has 5 nitrogen and oxygen atoms in total. The Labute approximate surface area is 111 Å². The SMILES string of the molecule is CCC1CCCN1C(=O)c1cc(S(=O)(=O)Cl)c[nH]1.